The van der Waals surface area contributed by atoms with Gasteiger partial charge in [0.1, 0.15) is 5.75 Å². The Kier molecular flexibility index (Phi) is 6.16. The molecule has 1 heterocycles. The van der Waals surface area contributed by atoms with Gasteiger partial charge in [0.25, 0.3) is 5.91 Å². The first kappa shape index (κ1) is 20.1. The topological polar surface area (TPSA) is 66.9 Å². The number of hydrogen-bond donors (Lipinski definition) is 0. The molecule has 0 aromatic heterocycles. The number of carbonyl (C=O) groups is 1. The smallest absolute Gasteiger partial charge is 0.254 e. The molecule has 0 aliphatic carbocycles. The Bertz CT molecular complexity index is 963. The maximum atomic E-state index is 12.7. The molecule has 1 saturated heterocycles. The Morgan fingerprint density at radius 2 is 1.71 bits per heavy atom. The van der Waals surface area contributed by atoms with E-state index in [1.807, 2.05) is 43.3 Å². The molecule has 28 heavy (non-hydrogen) atoms. The van der Waals surface area contributed by atoms with E-state index in [9.17, 15) is 13.2 Å². The summed E-state index contributed by atoms with van der Waals surface area (Å²) in [6.07, 6.45) is 1.59. The summed E-state index contributed by atoms with van der Waals surface area (Å²) >= 11 is 0. The number of benzene rings is 2. The standard InChI is InChI=1S/C21H24N2O4S/c1-17-8-9-19(16-20(17)27-2)21(24)22-11-13-23(14-12-22)28(25,26)15-10-18-6-4-3-5-7-18/h3-10,15-16H,11-14H2,1-2H3/b15-10+. The van der Waals surface area contributed by atoms with Crippen LogP contribution in [0.1, 0.15) is 21.5 Å². The summed E-state index contributed by atoms with van der Waals surface area (Å²) in [5, 5.41) is 1.23. The minimum Gasteiger partial charge on any atom is -0.496 e. The fraction of sp³-hybridized carbons (Fsp3) is 0.286. The summed E-state index contributed by atoms with van der Waals surface area (Å²) in [6.45, 7) is 3.17. The number of nitrogens with zero attached hydrogens (tertiary/aromatic N) is 2. The largest absolute Gasteiger partial charge is 0.496 e. The molecule has 0 radical (unpaired) electrons. The second-order valence-electron chi connectivity index (χ2n) is 6.63. The van der Waals surface area contributed by atoms with Crippen LogP contribution < -0.4 is 4.74 Å². The van der Waals surface area contributed by atoms with Crippen molar-refractivity contribution in [3.63, 3.8) is 0 Å². The molecule has 2 aromatic rings. The molecule has 7 heteroatoms. The highest BCUT2D eigenvalue weighted by Gasteiger charge is 2.28. The van der Waals surface area contributed by atoms with E-state index in [2.05, 4.69) is 0 Å². The average Bonchev–Trinajstić information content (AvgIpc) is 2.73. The molecule has 0 saturated carbocycles. The summed E-state index contributed by atoms with van der Waals surface area (Å²) in [7, 11) is -1.94. The maximum absolute atomic E-state index is 12.7. The molecular weight excluding hydrogens is 376 g/mol. The number of rotatable bonds is 5. The Morgan fingerprint density at radius 1 is 1.04 bits per heavy atom. The minimum absolute atomic E-state index is 0.116. The lowest BCUT2D eigenvalue weighted by Gasteiger charge is -2.33. The normalized spacial score (nSPS) is 15.7. The third-order valence-corrected chi connectivity index (χ3v) is 6.34. The van der Waals surface area contributed by atoms with Crippen LogP contribution in [0.2, 0.25) is 0 Å². The van der Waals surface area contributed by atoms with Crippen LogP contribution in [0.15, 0.2) is 53.9 Å². The van der Waals surface area contributed by atoms with Crippen LogP contribution >= 0.6 is 0 Å². The summed E-state index contributed by atoms with van der Waals surface area (Å²) in [4.78, 5) is 14.4. The predicted octanol–water partition coefficient (Wildman–Crippen LogP) is 2.76. The second-order valence-corrected chi connectivity index (χ2v) is 8.45. The van der Waals surface area contributed by atoms with Crippen LogP contribution in [0.4, 0.5) is 0 Å². The minimum atomic E-state index is -3.52. The SMILES string of the molecule is COc1cc(C(=O)N2CCN(S(=O)(=O)/C=C/c3ccccc3)CC2)ccc1C. The number of piperazine rings is 1. The lowest BCUT2D eigenvalue weighted by atomic mass is 10.1. The Balaban J connectivity index is 1.63. The predicted molar refractivity (Wildman–Crippen MR) is 110 cm³/mol. The van der Waals surface area contributed by atoms with Gasteiger partial charge in [-0.1, -0.05) is 36.4 Å². The van der Waals surface area contributed by atoms with E-state index in [-0.39, 0.29) is 19.0 Å². The van der Waals surface area contributed by atoms with E-state index in [1.165, 1.54) is 9.71 Å². The monoisotopic (exact) mass is 400 g/mol. The molecule has 1 amide bonds. The highest BCUT2D eigenvalue weighted by Crippen LogP contribution is 2.21. The van der Waals surface area contributed by atoms with Crippen molar-refractivity contribution in [2.45, 2.75) is 6.92 Å². The Labute approximate surface area is 166 Å². The maximum Gasteiger partial charge on any atom is 0.254 e. The third-order valence-electron chi connectivity index (χ3n) is 4.77. The van der Waals surface area contributed by atoms with Crippen molar-refractivity contribution in [2.24, 2.45) is 0 Å². The molecular formula is C21H24N2O4S. The summed E-state index contributed by atoms with van der Waals surface area (Å²) in [5.41, 5.74) is 2.33. The number of amides is 1. The van der Waals surface area contributed by atoms with E-state index in [4.69, 9.17) is 4.74 Å². The van der Waals surface area contributed by atoms with Gasteiger partial charge in [-0.25, -0.2) is 8.42 Å². The molecule has 1 aliphatic heterocycles. The molecule has 1 aliphatic rings. The quantitative estimate of drug-likeness (QED) is 0.774. The number of ether oxygens (including phenoxy) is 1. The number of aryl methyl sites for hydroxylation is 1. The van der Waals surface area contributed by atoms with Gasteiger partial charge in [-0.05, 0) is 36.3 Å². The van der Waals surface area contributed by atoms with Gasteiger partial charge >= 0.3 is 0 Å². The van der Waals surface area contributed by atoms with Crippen molar-refractivity contribution in [3.8, 4) is 5.75 Å². The molecule has 0 atom stereocenters. The molecule has 0 N–H and O–H groups in total. The molecule has 0 bridgehead atoms. The van der Waals surface area contributed by atoms with Gasteiger partial charge in [0, 0.05) is 37.2 Å². The van der Waals surface area contributed by atoms with Gasteiger partial charge in [-0.15, -0.1) is 0 Å². The van der Waals surface area contributed by atoms with Gasteiger partial charge in [0.2, 0.25) is 10.0 Å². The van der Waals surface area contributed by atoms with Gasteiger partial charge in [-0.2, -0.15) is 4.31 Å². The van der Waals surface area contributed by atoms with Crippen LogP contribution in [0.5, 0.6) is 5.75 Å². The van der Waals surface area contributed by atoms with E-state index in [0.717, 1.165) is 11.1 Å². The first-order valence-electron chi connectivity index (χ1n) is 9.08. The van der Waals surface area contributed by atoms with Crippen molar-refractivity contribution in [1.29, 1.82) is 0 Å². The zero-order chi connectivity index (χ0) is 20.1. The first-order valence-corrected chi connectivity index (χ1v) is 10.6. The van der Waals surface area contributed by atoms with Crippen LogP contribution in [-0.2, 0) is 10.0 Å². The van der Waals surface area contributed by atoms with Crippen molar-refractivity contribution >= 4 is 22.0 Å². The highest BCUT2D eigenvalue weighted by atomic mass is 32.2. The Hall–Kier alpha value is -2.64. The van der Waals surface area contributed by atoms with Gasteiger partial charge < -0.3 is 9.64 Å². The van der Waals surface area contributed by atoms with Crippen LogP contribution in [-0.4, -0.2) is 56.8 Å². The van der Waals surface area contributed by atoms with Crippen molar-refractivity contribution in [1.82, 2.24) is 9.21 Å². The molecule has 1 fully saturated rings. The first-order chi connectivity index (χ1) is 13.4. The summed E-state index contributed by atoms with van der Waals surface area (Å²) in [5.74, 6) is 0.549. The Morgan fingerprint density at radius 3 is 2.36 bits per heavy atom. The van der Waals surface area contributed by atoms with Gasteiger partial charge in [0.05, 0.1) is 7.11 Å². The van der Waals surface area contributed by atoms with Crippen LogP contribution in [0.3, 0.4) is 0 Å². The van der Waals surface area contributed by atoms with Crippen molar-refractivity contribution in [3.05, 3.63) is 70.6 Å². The average molecular weight is 401 g/mol. The number of sulfonamides is 1. The summed E-state index contributed by atoms with van der Waals surface area (Å²) < 4.78 is 31.8. The van der Waals surface area contributed by atoms with Crippen molar-refractivity contribution < 1.29 is 17.9 Å². The molecule has 0 spiro atoms. The fourth-order valence-electron chi connectivity index (χ4n) is 3.10. The lowest BCUT2D eigenvalue weighted by molar-refractivity contribution is 0.0698. The molecule has 0 unspecified atom stereocenters. The third kappa shape index (κ3) is 4.61. The van der Waals surface area contributed by atoms with E-state index in [1.54, 1.807) is 30.2 Å². The highest BCUT2D eigenvalue weighted by molar-refractivity contribution is 7.92. The number of hydrogen-bond acceptors (Lipinski definition) is 4. The summed E-state index contributed by atoms with van der Waals surface area (Å²) in [6, 6.07) is 14.6. The molecule has 3 rings (SSSR count). The van der Waals surface area contributed by atoms with E-state index in [0.29, 0.717) is 24.4 Å². The zero-order valence-corrected chi connectivity index (χ0v) is 16.9. The second kappa shape index (κ2) is 8.58. The molecule has 2 aromatic carbocycles. The van der Waals surface area contributed by atoms with E-state index < -0.39 is 10.0 Å². The lowest BCUT2D eigenvalue weighted by Crippen LogP contribution is -2.50. The van der Waals surface area contributed by atoms with Gasteiger partial charge in [-0.3, -0.25) is 4.79 Å². The molecule has 6 nitrogen and oxygen atoms in total. The van der Waals surface area contributed by atoms with Gasteiger partial charge in [0.15, 0.2) is 0 Å². The van der Waals surface area contributed by atoms with E-state index >= 15 is 0 Å². The number of methoxy groups -OCH3 is 1. The fourth-order valence-corrected chi connectivity index (χ4v) is 4.27. The van der Waals surface area contributed by atoms with Crippen molar-refractivity contribution in [2.75, 3.05) is 33.3 Å². The van der Waals surface area contributed by atoms with Crippen LogP contribution in [0.25, 0.3) is 6.08 Å². The zero-order valence-electron chi connectivity index (χ0n) is 16.0. The number of carbonyl (C=O) groups excluding carboxylic acids is 1. The molecule has 148 valence electrons. The van der Waals surface area contributed by atoms with Crippen LogP contribution in [0, 0.1) is 6.92 Å².